The second-order valence-electron chi connectivity index (χ2n) is 18.2. The molecule has 0 radical (unpaired) electrons. The molecule has 4 aliphatic rings. The van der Waals surface area contributed by atoms with Crippen LogP contribution >= 0.6 is 0 Å². The Balaban J connectivity index is 1.37. The first-order chi connectivity index (χ1) is 28.4. The van der Waals surface area contributed by atoms with Crippen molar-refractivity contribution < 1.29 is 52.7 Å². The van der Waals surface area contributed by atoms with Gasteiger partial charge < -0.3 is 43.3 Å². The van der Waals surface area contributed by atoms with E-state index < -0.39 is 83.4 Å². The summed E-state index contributed by atoms with van der Waals surface area (Å²) in [5.74, 6) is -4.21. The summed E-state index contributed by atoms with van der Waals surface area (Å²) in [6.45, 7) is 15.0. The van der Waals surface area contributed by atoms with Gasteiger partial charge in [0.25, 0.3) is 0 Å². The second-order valence-corrected chi connectivity index (χ2v) is 18.2. The van der Waals surface area contributed by atoms with Gasteiger partial charge >= 0.3 is 11.9 Å². The molecule has 0 aromatic heterocycles. The highest BCUT2D eigenvalue weighted by Crippen LogP contribution is 2.46. The van der Waals surface area contributed by atoms with Gasteiger partial charge in [-0.1, -0.05) is 87.4 Å². The summed E-state index contributed by atoms with van der Waals surface area (Å²) in [6.07, 6.45) is -3.62. The lowest BCUT2D eigenvalue weighted by atomic mass is 9.70. The van der Waals surface area contributed by atoms with Crippen LogP contribution in [0.25, 0.3) is 11.1 Å². The standard InChI is InChI=1S/C47H66N2O11/c1-11-38-47(8)36(22-39(50)60-47)29(4)40(51)27(2)23-46(7)43(59-45-41(52)37(49(9)10)21-28(3)57-45)30(5)42(31(6)44(53)58-38)54-25-35(26-55-46)48-56-24-32-17-19-34(20-18-32)33-15-13-12-14-16-33/h12-20,27-31,36-38,41-43,45,52H,11,21-26H2,1-10H3/b48-35-/t27-,28-,29-,30+,31-,36+,37+,38-,41-,42+,43-,45+,46-,47+/m1/s1. The van der Waals surface area contributed by atoms with Crippen molar-refractivity contribution in [1.29, 1.82) is 0 Å². The largest absolute Gasteiger partial charge is 0.458 e. The Morgan fingerprint density at radius 1 is 0.917 bits per heavy atom. The number of ketones is 1. The smallest absolute Gasteiger partial charge is 0.311 e. The molecule has 2 aromatic carbocycles. The van der Waals surface area contributed by atoms with Crippen molar-refractivity contribution in [3.63, 3.8) is 0 Å². The third-order valence-corrected chi connectivity index (χ3v) is 13.5. The van der Waals surface area contributed by atoms with Crippen LogP contribution in [0.4, 0.5) is 0 Å². The summed E-state index contributed by atoms with van der Waals surface area (Å²) in [5, 5.41) is 16.2. The van der Waals surface area contributed by atoms with Crippen molar-refractivity contribution in [3.8, 4) is 11.1 Å². The number of nitrogens with zero attached hydrogens (tertiary/aromatic N) is 2. The lowest BCUT2D eigenvalue weighted by molar-refractivity contribution is -0.302. The number of carbonyl (C=O) groups excluding carboxylic acids is 3. The zero-order chi connectivity index (χ0) is 43.5. The molecular weight excluding hydrogens is 769 g/mol. The minimum atomic E-state index is -1.23. The summed E-state index contributed by atoms with van der Waals surface area (Å²) in [6, 6.07) is 18.0. The van der Waals surface area contributed by atoms with E-state index in [2.05, 4.69) is 17.3 Å². The minimum absolute atomic E-state index is 0.0289. The predicted molar refractivity (Wildman–Crippen MR) is 225 cm³/mol. The SMILES string of the molecule is CC[C@H]1OC(=O)[C@H](C)[C@H]2OC/C(=N/OCc3ccc(-c4ccccc4)cc3)CO[C@](C)(C[C@@H](C)C(=O)[C@H](C)[C@@H]3CC(=O)O[C@]13C)[C@H](O[C@@H]1O[C@H](C)C[C@H](N(C)C)[C@H]1O)[C@H]2C. The summed E-state index contributed by atoms with van der Waals surface area (Å²) in [7, 11) is 3.82. The molecule has 14 atom stereocenters. The van der Waals surface area contributed by atoms with E-state index in [1.165, 1.54) is 0 Å². The number of esters is 2. The maximum Gasteiger partial charge on any atom is 0.311 e. The number of carbonyl (C=O) groups is 3. The van der Waals surface area contributed by atoms with Crippen LogP contribution in [0.2, 0.25) is 0 Å². The van der Waals surface area contributed by atoms with Crippen LogP contribution in [-0.2, 0) is 54.2 Å². The lowest BCUT2D eigenvalue weighted by Crippen LogP contribution is -2.60. The van der Waals surface area contributed by atoms with E-state index in [0.29, 0.717) is 18.6 Å². The highest BCUT2D eigenvalue weighted by atomic mass is 16.7. The number of oxime groups is 1. The molecule has 330 valence electrons. The molecule has 13 heteroatoms. The van der Waals surface area contributed by atoms with E-state index in [1.54, 1.807) is 13.8 Å². The number of cyclic esters (lactones) is 1. The van der Waals surface area contributed by atoms with Crippen molar-refractivity contribution in [2.24, 2.45) is 34.7 Å². The van der Waals surface area contributed by atoms with E-state index >= 15 is 0 Å². The number of aliphatic hydroxyl groups is 1. The van der Waals surface area contributed by atoms with Gasteiger partial charge in [0.15, 0.2) is 6.29 Å². The monoisotopic (exact) mass is 834 g/mol. The molecule has 60 heavy (non-hydrogen) atoms. The Morgan fingerprint density at radius 2 is 1.60 bits per heavy atom. The molecule has 0 unspecified atom stereocenters. The van der Waals surface area contributed by atoms with E-state index in [0.717, 1.165) is 16.7 Å². The third kappa shape index (κ3) is 9.82. The Bertz CT molecular complexity index is 1820. The van der Waals surface area contributed by atoms with Crippen LogP contribution in [0.5, 0.6) is 0 Å². The number of fused-ring (bicyclic) bond motifs is 4. The van der Waals surface area contributed by atoms with Crippen molar-refractivity contribution in [3.05, 3.63) is 60.2 Å². The van der Waals surface area contributed by atoms with Crippen LogP contribution in [0.15, 0.2) is 59.8 Å². The average Bonchev–Trinajstić information content (AvgIpc) is 3.56. The third-order valence-electron chi connectivity index (χ3n) is 13.5. The van der Waals surface area contributed by atoms with Crippen molar-refractivity contribution in [2.45, 2.75) is 142 Å². The molecule has 0 spiro atoms. The van der Waals surface area contributed by atoms with Crippen LogP contribution in [0.1, 0.15) is 86.6 Å². The Hall–Kier alpha value is -3.72. The van der Waals surface area contributed by atoms with E-state index in [1.807, 2.05) is 103 Å². The number of ether oxygens (including phenoxy) is 6. The summed E-state index contributed by atoms with van der Waals surface area (Å²) in [4.78, 5) is 49.8. The first kappa shape index (κ1) is 45.8. The molecule has 2 aromatic rings. The van der Waals surface area contributed by atoms with Crippen molar-refractivity contribution in [2.75, 3.05) is 27.3 Å². The number of aliphatic hydroxyl groups excluding tert-OH is 1. The maximum atomic E-state index is 14.6. The highest BCUT2D eigenvalue weighted by Gasteiger charge is 2.57. The molecule has 4 aliphatic heterocycles. The molecule has 2 bridgehead atoms. The fourth-order valence-corrected chi connectivity index (χ4v) is 10.0. The summed E-state index contributed by atoms with van der Waals surface area (Å²) < 4.78 is 39.1. The van der Waals surface area contributed by atoms with Gasteiger partial charge in [0, 0.05) is 29.7 Å². The molecule has 0 saturated carbocycles. The molecular formula is C47H66N2O11. The number of benzene rings is 2. The molecule has 0 amide bonds. The zero-order valence-corrected chi connectivity index (χ0v) is 37.0. The first-order valence-corrected chi connectivity index (χ1v) is 21.6. The Morgan fingerprint density at radius 3 is 2.27 bits per heavy atom. The van der Waals surface area contributed by atoms with Crippen molar-refractivity contribution >= 4 is 23.4 Å². The molecule has 4 fully saturated rings. The van der Waals surface area contributed by atoms with Gasteiger partial charge in [-0.3, -0.25) is 14.4 Å². The quantitative estimate of drug-likeness (QED) is 0.233. The Labute approximate surface area is 355 Å². The van der Waals surface area contributed by atoms with Gasteiger partial charge in [-0.2, -0.15) is 0 Å². The number of likely N-dealkylation sites (N-methyl/N-ethyl adjacent to an activating group) is 1. The first-order valence-electron chi connectivity index (χ1n) is 21.6. The summed E-state index contributed by atoms with van der Waals surface area (Å²) in [5.41, 5.74) is 1.12. The van der Waals surface area contributed by atoms with E-state index in [9.17, 15) is 19.5 Å². The van der Waals surface area contributed by atoms with Crippen LogP contribution in [0.3, 0.4) is 0 Å². The van der Waals surface area contributed by atoms with E-state index in [4.69, 9.17) is 33.3 Å². The number of rotatable bonds is 8. The van der Waals surface area contributed by atoms with Gasteiger partial charge in [0.05, 0.1) is 49.5 Å². The Kier molecular flexibility index (Phi) is 14.6. The molecule has 4 heterocycles. The molecule has 4 saturated heterocycles. The van der Waals surface area contributed by atoms with Crippen molar-refractivity contribution in [1.82, 2.24) is 4.90 Å². The second kappa shape index (κ2) is 19.1. The van der Waals surface area contributed by atoms with Gasteiger partial charge in [-0.25, -0.2) is 0 Å². The fraction of sp³-hybridized carbons (Fsp3) is 0.660. The topological polar surface area (TPSA) is 152 Å². The van der Waals surface area contributed by atoms with Gasteiger partial charge in [-0.05, 0) is 77.7 Å². The van der Waals surface area contributed by atoms with Gasteiger partial charge in [0.2, 0.25) is 0 Å². The maximum absolute atomic E-state index is 14.6. The normalized spacial score (nSPS) is 38.9. The summed E-state index contributed by atoms with van der Waals surface area (Å²) >= 11 is 0. The zero-order valence-electron chi connectivity index (χ0n) is 37.0. The molecule has 0 aliphatic carbocycles. The molecule has 13 nitrogen and oxygen atoms in total. The minimum Gasteiger partial charge on any atom is -0.458 e. The predicted octanol–water partition coefficient (Wildman–Crippen LogP) is 6.37. The van der Waals surface area contributed by atoms with Gasteiger partial charge in [0.1, 0.15) is 35.9 Å². The van der Waals surface area contributed by atoms with Gasteiger partial charge in [-0.15, -0.1) is 0 Å². The fourth-order valence-electron chi connectivity index (χ4n) is 10.0. The van der Waals surface area contributed by atoms with Crippen LogP contribution < -0.4 is 0 Å². The molecule has 1 N–H and O–H groups in total. The van der Waals surface area contributed by atoms with E-state index in [-0.39, 0.29) is 50.6 Å². The van der Waals surface area contributed by atoms with Crippen LogP contribution in [-0.4, -0.2) is 115 Å². The number of hydrogen-bond acceptors (Lipinski definition) is 13. The number of Topliss-reactive ketones (excluding diaryl/α,β-unsaturated/α-hetero) is 1. The average molecular weight is 835 g/mol. The van der Waals surface area contributed by atoms with Crippen LogP contribution in [0, 0.1) is 29.6 Å². The number of hydrogen-bond donors (Lipinski definition) is 1. The lowest BCUT2D eigenvalue weighted by Gasteiger charge is -2.48. The molecule has 6 rings (SSSR count). The highest BCUT2D eigenvalue weighted by molar-refractivity contribution is 5.87.